The van der Waals surface area contributed by atoms with Crippen molar-refractivity contribution in [3.63, 3.8) is 0 Å². The summed E-state index contributed by atoms with van der Waals surface area (Å²) in [7, 11) is 1.95. The molecule has 23 heavy (non-hydrogen) atoms. The summed E-state index contributed by atoms with van der Waals surface area (Å²) >= 11 is 0. The lowest BCUT2D eigenvalue weighted by Crippen LogP contribution is -2.27. The maximum atomic E-state index is 11.7. The molecule has 0 radical (unpaired) electrons. The molecule has 1 unspecified atom stereocenters. The van der Waals surface area contributed by atoms with Crippen LogP contribution >= 0.6 is 0 Å². The van der Waals surface area contributed by atoms with Gasteiger partial charge in [0, 0.05) is 19.4 Å². The van der Waals surface area contributed by atoms with Gasteiger partial charge in [0.15, 0.2) is 0 Å². The van der Waals surface area contributed by atoms with Crippen LogP contribution in [-0.2, 0) is 11.8 Å². The molecule has 7 nitrogen and oxygen atoms in total. The van der Waals surface area contributed by atoms with Crippen molar-refractivity contribution in [1.29, 1.82) is 0 Å². The van der Waals surface area contributed by atoms with Gasteiger partial charge >= 0.3 is 6.09 Å². The number of pyridine rings is 1. The minimum absolute atomic E-state index is 0.0430. The number of imidazole rings is 1. The second kappa shape index (κ2) is 6.68. The Hall–Kier alpha value is -2.57. The highest BCUT2D eigenvalue weighted by atomic mass is 16.6. The highest BCUT2D eigenvalue weighted by Gasteiger charge is 2.16. The number of ether oxygens (including phenoxy) is 1. The molecule has 1 amide bonds. The average molecular weight is 317 g/mol. The third-order valence-electron chi connectivity index (χ3n) is 3.02. The second-order valence-corrected chi connectivity index (χ2v) is 6.32. The molecule has 0 spiro atoms. The number of anilines is 2. The predicted octanol–water partition coefficient (Wildman–Crippen LogP) is 3.34. The molecule has 0 saturated carbocycles. The molecule has 0 fully saturated rings. The van der Waals surface area contributed by atoms with Gasteiger partial charge in [0.25, 0.3) is 0 Å². The van der Waals surface area contributed by atoms with Crippen molar-refractivity contribution in [2.24, 2.45) is 7.05 Å². The second-order valence-electron chi connectivity index (χ2n) is 6.32. The van der Waals surface area contributed by atoms with E-state index in [0.717, 1.165) is 11.5 Å². The molecule has 0 saturated heterocycles. The van der Waals surface area contributed by atoms with Crippen LogP contribution in [0.2, 0.25) is 0 Å². The number of aromatic nitrogens is 3. The van der Waals surface area contributed by atoms with Crippen LogP contribution in [0.5, 0.6) is 0 Å². The van der Waals surface area contributed by atoms with E-state index in [4.69, 9.17) is 4.74 Å². The lowest BCUT2D eigenvalue weighted by atomic mass is 10.2. The number of nitrogens with zero attached hydrogens (tertiary/aromatic N) is 3. The van der Waals surface area contributed by atoms with E-state index in [9.17, 15) is 4.79 Å². The van der Waals surface area contributed by atoms with Crippen LogP contribution in [0, 0.1) is 0 Å². The summed E-state index contributed by atoms with van der Waals surface area (Å²) < 4.78 is 7.14. The smallest absolute Gasteiger partial charge is 0.413 e. The average Bonchev–Trinajstić information content (AvgIpc) is 2.85. The Kier molecular flexibility index (Phi) is 4.88. The molecular weight excluding hydrogens is 294 g/mol. The zero-order valence-electron chi connectivity index (χ0n) is 14.1. The van der Waals surface area contributed by atoms with E-state index in [0.29, 0.717) is 5.82 Å². The number of amides is 1. The number of carbonyl (C=O) groups excluding carboxylic acids is 1. The Labute approximate surface area is 136 Å². The standard InChI is InChI=1S/C16H23N5O2/c1-11(14-17-8-9-21(14)5)19-12-6-7-13(18-10-12)20-15(22)23-16(2,3)4/h6-11,19H,1-5H3,(H,18,20,22). The summed E-state index contributed by atoms with van der Waals surface area (Å²) in [5.41, 5.74) is 0.304. The van der Waals surface area contributed by atoms with Gasteiger partial charge in [-0.3, -0.25) is 5.32 Å². The number of carbonyl (C=O) groups is 1. The molecule has 0 aliphatic rings. The van der Waals surface area contributed by atoms with Gasteiger partial charge in [-0.2, -0.15) is 0 Å². The fraction of sp³-hybridized carbons (Fsp3) is 0.438. The molecule has 0 aliphatic carbocycles. The van der Waals surface area contributed by atoms with E-state index in [1.54, 1.807) is 18.5 Å². The van der Waals surface area contributed by atoms with Gasteiger partial charge in [0.2, 0.25) is 0 Å². The summed E-state index contributed by atoms with van der Waals surface area (Å²) in [4.78, 5) is 20.2. The summed E-state index contributed by atoms with van der Waals surface area (Å²) in [6, 6.07) is 3.61. The summed E-state index contributed by atoms with van der Waals surface area (Å²) in [5.74, 6) is 1.37. The SMILES string of the molecule is CC(Nc1ccc(NC(=O)OC(C)(C)C)nc1)c1nccn1C. The van der Waals surface area contributed by atoms with Crippen LogP contribution in [-0.4, -0.2) is 26.2 Å². The zero-order chi connectivity index (χ0) is 17.0. The molecule has 2 aromatic rings. The summed E-state index contributed by atoms with van der Waals surface area (Å²) in [6.07, 6.45) is 4.80. The molecule has 0 aliphatic heterocycles. The van der Waals surface area contributed by atoms with Crippen molar-refractivity contribution in [2.45, 2.75) is 39.3 Å². The van der Waals surface area contributed by atoms with Gasteiger partial charge in [-0.25, -0.2) is 14.8 Å². The minimum Gasteiger partial charge on any atom is -0.444 e. The quantitative estimate of drug-likeness (QED) is 0.904. The van der Waals surface area contributed by atoms with Gasteiger partial charge in [0.05, 0.1) is 17.9 Å². The predicted molar refractivity (Wildman–Crippen MR) is 89.3 cm³/mol. The normalized spacial score (nSPS) is 12.6. The highest BCUT2D eigenvalue weighted by molar-refractivity contribution is 5.83. The van der Waals surface area contributed by atoms with Crippen molar-refractivity contribution >= 4 is 17.6 Å². The van der Waals surface area contributed by atoms with Crippen LogP contribution in [0.3, 0.4) is 0 Å². The number of aryl methyl sites for hydroxylation is 1. The van der Waals surface area contributed by atoms with Crippen molar-refractivity contribution in [1.82, 2.24) is 14.5 Å². The molecule has 0 bridgehead atoms. The molecular formula is C16H23N5O2. The number of nitrogens with one attached hydrogen (secondary N) is 2. The largest absolute Gasteiger partial charge is 0.444 e. The maximum absolute atomic E-state index is 11.7. The van der Waals surface area contributed by atoms with E-state index in [1.807, 2.05) is 51.6 Å². The fourth-order valence-electron chi connectivity index (χ4n) is 2.07. The number of hydrogen-bond acceptors (Lipinski definition) is 5. The lowest BCUT2D eigenvalue weighted by molar-refractivity contribution is 0.0635. The molecule has 2 heterocycles. The van der Waals surface area contributed by atoms with Crippen molar-refractivity contribution in [3.05, 3.63) is 36.5 Å². The van der Waals surface area contributed by atoms with Crippen LogP contribution in [0.4, 0.5) is 16.3 Å². The van der Waals surface area contributed by atoms with Crippen LogP contribution in [0.25, 0.3) is 0 Å². The zero-order valence-corrected chi connectivity index (χ0v) is 14.1. The molecule has 2 aromatic heterocycles. The topological polar surface area (TPSA) is 81.1 Å². The lowest BCUT2D eigenvalue weighted by Gasteiger charge is -2.19. The third-order valence-corrected chi connectivity index (χ3v) is 3.02. The van der Waals surface area contributed by atoms with Crippen LogP contribution in [0.1, 0.15) is 39.6 Å². The van der Waals surface area contributed by atoms with Crippen molar-refractivity contribution < 1.29 is 9.53 Å². The molecule has 7 heteroatoms. The van der Waals surface area contributed by atoms with E-state index in [-0.39, 0.29) is 6.04 Å². The summed E-state index contributed by atoms with van der Waals surface area (Å²) in [6.45, 7) is 7.46. The first kappa shape index (κ1) is 16.8. The molecule has 2 rings (SSSR count). The molecule has 0 aromatic carbocycles. The minimum atomic E-state index is -0.539. The molecule has 124 valence electrons. The number of rotatable bonds is 4. The molecule has 1 atom stereocenters. The first-order valence-corrected chi connectivity index (χ1v) is 7.44. The Balaban J connectivity index is 1.94. The van der Waals surface area contributed by atoms with Crippen LogP contribution < -0.4 is 10.6 Å². The van der Waals surface area contributed by atoms with Crippen LogP contribution in [0.15, 0.2) is 30.7 Å². The Bertz CT molecular complexity index is 658. The summed E-state index contributed by atoms with van der Waals surface area (Å²) in [5, 5.41) is 5.91. The van der Waals surface area contributed by atoms with Crippen molar-refractivity contribution in [3.8, 4) is 0 Å². The first-order valence-electron chi connectivity index (χ1n) is 7.44. The van der Waals surface area contributed by atoms with Gasteiger partial charge < -0.3 is 14.6 Å². The monoisotopic (exact) mass is 317 g/mol. The third kappa shape index (κ3) is 4.98. The fourth-order valence-corrected chi connectivity index (χ4v) is 2.07. The molecule has 2 N–H and O–H groups in total. The van der Waals surface area contributed by atoms with Gasteiger partial charge in [-0.05, 0) is 39.8 Å². The number of hydrogen-bond donors (Lipinski definition) is 2. The Morgan fingerprint density at radius 1 is 1.30 bits per heavy atom. The maximum Gasteiger partial charge on any atom is 0.413 e. The van der Waals surface area contributed by atoms with Gasteiger partial charge in [-0.15, -0.1) is 0 Å². The van der Waals surface area contributed by atoms with E-state index < -0.39 is 11.7 Å². The van der Waals surface area contributed by atoms with Gasteiger partial charge in [0.1, 0.15) is 17.2 Å². The van der Waals surface area contributed by atoms with E-state index in [2.05, 4.69) is 20.6 Å². The van der Waals surface area contributed by atoms with E-state index in [1.165, 1.54) is 0 Å². The Morgan fingerprint density at radius 2 is 2.04 bits per heavy atom. The van der Waals surface area contributed by atoms with E-state index >= 15 is 0 Å². The first-order chi connectivity index (χ1) is 10.7. The van der Waals surface area contributed by atoms with Crippen molar-refractivity contribution in [2.75, 3.05) is 10.6 Å². The Morgan fingerprint density at radius 3 is 2.57 bits per heavy atom. The van der Waals surface area contributed by atoms with Gasteiger partial charge in [-0.1, -0.05) is 0 Å². The highest BCUT2D eigenvalue weighted by Crippen LogP contribution is 2.18.